The zero-order chi connectivity index (χ0) is 32.8. The fourth-order valence-electron chi connectivity index (χ4n) is 7.57. The largest absolute Gasteiger partial charge is 0.391 e. The van der Waals surface area contributed by atoms with Crippen LogP contribution >= 0.6 is 0 Å². The Kier molecular flexibility index (Phi) is 11.3. The number of hydrogen-bond acceptors (Lipinski definition) is 7. The summed E-state index contributed by atoms with van der Waals surface area (Å²) in [4.78, 5) is 74.3. The average Bonchev–Trinajstić information content (AvgIpc) is 3.46. The van der Waals surface area contributed by atoms with Crippen LogP contribution in [0.4, 0.5) is 0 Å². The van der Waals surface area contributed by atoms with Crippen molar-refractivity contribution < 1.29 is 29.1 Å². The van der Waals surface area contributed by atoms with Gasteiger partial charge in [0, 0.05) is 38.5 Å². The summed E-state index contributed by atoms with van der Waals surface area (Å²) >= 11 is 0. The van der Waals surface area contributed by atoms with Gasteiger partial charge in [-0.2, -0.15) is 0 Å². The monoisotopic (exact) mass is 638 g/mol. The minimum Gasteiger partial charge on any atom is -0.391 e. The summed E-state index contributed by atoms with van der Waals surface area (Å²) in [6.45, 7) is 5.66. The van der Waals surface area contributed by atoms with Gasteiger partial charge in [-0.05, 0) is 50.3 Å². The molecule has 5 amide bonds. The maximum atomic E-state index is 14.1. The first-order chi connectivity index (χ1) is 22.2. The van der Waals surface area contributed by atoms with E-state index in [1.165, 1.54) is 9.80 Å². The highest BCUT2D eigenvalue weighted by Gasteiger charge is 2.44. The van der Waals surface area contributed by atoms with Crippen molar-refractivity contribution in [2.45, 2.75) is 95.5 Å². The molecule has 0 unspecified atom stereocenters. The fourth-order valence-corrected chi connectivity index (χ4v) is 7.57. The number of nitrogens with zero attached hydrogens (tertiary/aromatic N) is 3. The van der Waals surface area contributed by atoms with E-state index < -0.39 is 47.9 Å². The van der Waals surface area contributed by atoms with E-state index in [1.807, 2.05) is 44.2 Å². The van der Waals surface area contributed by atoms with Gasteiger partial charge in [-0.25, -0.2) is 0 Å². The molecule has 4 fully saturated rings. The van der Waals surface area contributed by atoms with Crippen molar-refractivity contribution in [1.82, 2.24) is 30.7 Å². The molecule has 12 heteroatoms. The van der Waals surface area contributed by atoms with Gasteiger partial charge in [0.1, 0.15) is 18.1 Å². The number of carbonyl (C=O) groups is 5. The van der Waals surface area contributed by atoms with Crippen molar-refractivity contribution >= 4 is 29.5 Å². The van der Waals surface area contributed by atoms with Crippen LogP contribution in [0, 0.1) is 11.8 Å². The molecule has 0 spiro atoms. The van der Waals surface area contributed by atoms with Crippen LogP contribution in [0.3, 0.4) is 0 Å². The van der Waals surface area contributed by atoms with Crippen LogP contribution < -0.4 is 16.0 Å². The van der Waals surface area contributed by atoms with Gasteiger partial charge in [0.15, 0.2) is 0 Å². The molecule has 0 bridgehead atoms. The number of amides is 5. The Hall–Kier alpha value is -3.51. The molecule has 4 heterocycles. The van der Waals surface area contributed by atoms with Crippen molar-refractivity contribution in [3.63, 3.8) is 0 Å². The molecular weight excluding hydrogens is 588 g/mol. The van der Waals surface area contributed by atoms with E-state index in [1.54, 1.807) is 0 Å². The smallest absolute Gasteiger partial charge is 0.246 e. The molecule has 0 radical (unpaired) electrons. The molecule has 0 saturated carbocycles. The summed E-state index contributed by atoms with van der Waals surface area (Å²) < 4.78 is 0. The van der Waals surface area contributed by atoms with Crippen LogP contribution in [0.15, 0.2) is 30.3 Å². The minimum absolute atomic E-state index is 0.0280. The second kappa shape index (κ2) is 15.4. The highest BCUT2D eigenvalue weighted by atomic mass is 16.3. The third-order valence-corrected chi connectivity index (χ3v) is 10.3. The van der Waals surface area contributed by atoms with Crippen LogP contribution in [0.5, 0.6) is 0 Å². The SMILES string of the molecule is CC[C@H](C)[C@@H]1NC(=O)CN(C(=O)[C@@H]2CCCN3CCCC[C@H]23)CCNC(=O)[C@H](Cc2ccccc2)NC(=O)[C@@H]2C[C@@H](O)CN2C1=O. The lowest BCUT2D eigenvalue weighted by Gasteiger charge is -2.44. The number of rotatable bonds is 5. The molecule has 4 aliphatic rings. The van der Waals surface area contributed by atoms with E-state index in [0.717, 1.165) is 50.8 Å². The number of hydrogen-bond donors (Lipinski definition) is 4. The van der Waals surface area contributed by atoms with Crippen LogP contribution in [0.1, 0.15) is 64.4 Å². The maximum Gasteiger partial charge on any atom is 0.246 e. The first kappa shape index (κ1) is 33.8. The molecule has 0 aromatic heterocycles. The zero-order valence-corrected chi connectivity index (χ0v) is 27.2. The predicted molar refractivity (Wildman–Crippen MR) is 171 cm³/mol. The van der Waals surface area contributed by atoms with Crippen LogP contribution in [-0.4, -0.2) is 119 Å². The molecule has 0 aliphatic carbocycles. The standard InChI is InChI=1S/C34H50N6O6/c1-3-22(2)30-34(46)40-20-24(41)19-28(40)32(44)36-26(18-23-10-5-4-6-11-23)31(43)35-14-17-39(21-29(42)37-30)33(45)25-12-9-16-38-15-8-7-13-27(25)38/h4-6,10-11,22,24-28,30,41H,3,7-9,12-21H2,1-2H3,(H,35,43)(H,36,44)(H,37,42)/t22-,24+,25+,26-,27+,28-,30-/m0/s1. The molecule has 7 atom stereocenters. The first-order valence-electron chi connectivity index (χ1n) is 17.1. The predicted octanol–water partition coefficient (Wildman–Crippen LogP) is 0.430. The highest BCUT2D eigenvalue weighted by Crippen LogP contribution is 2.32. The topological polar surface area (TPSA) is 151 Å². The average molecular weight is 639 g/mol. The molecule has 4 aliphatic heterocycles. The Balaban J connectivity index is 1.44. The first-order valence-corrected chi connectivity index (χ1v) is 17.1. The van der Waals surface area contributed by atoms with E-state index in [2.05, 4.69) is 20.9 Å². The lowest BCUT2D eigenvalue weighted by Crippen LogP contribution is -2.58. The minimum atomic E-state index is -0.995. The summed E-state index contributed by atoms with van der Waals surface area (Å²) in [5.74, 6) is -2.48. The number of piperidine rings is 2. The van der Waals surface area contributed by atoms with Gasteiger partial charge >= 0.3 is 0 Å². The number of aliphatic hydroxyl groups is 1. The van der Waals surface area contributed by atoms with E-state index in [-0.39, 0.29) is 62.8 Å². The quantitative estimate of drug-likeness (QED) is 0.365. The number of benzene rings is 1. The summed E-state index contributed by atoms with van der Waals surface area (Å²) in [5.41, 5.74) is 0.845. The number of nitrogens with one attached hydrogen (secondary N) is 3. The summed E-state index contributed by atoms with van der Waals surface area (Å²) in [5, 5.41) is 19.2. The Labute approximate surface area is 271 Å². The van der Waals surface area contributed by atoms with Gasteiger partial charge in [0.25, 0.3) is 0 Å². The molecule has 1 aromatic rings. The Bertz CT molecular complexity index is 1260. The van der Waals surface area contributed by atoms with Gasteiger partial charge < -0.3 is 30.9 Å². The molecule has 46 heavy (non-hydrogen) atoms. The Morgan fingerprint density at radius 2 is 1.74 bits per heavy atom. The second-order valence-corrected chi connectivity index (χ2v) is 13.5. The van der Waals surface area contributed by atoms with Gasteiger partial charge in [-0.3, -0.25) is 28.9 Å². The van der Waals surface area contributed by atoms with E-state index in [4.69, 9.17) is 0 Å². The second-order valence-electron chi connectivity index (χ2n) is 13.5. The molecule has 5 rings (SSSR count). The van der Waals surface area contributed by atoms with Crippen molar-refractivity contribution in [3.8, 4) is 0 Å². The molecular formula is C34H50N6O6. The van der Waals surface area contributed by atoms with Crippen molar-refractivity contribution in [2.75, 3.05) is 39.3 Å². The Morgan fingerprint density at radius 1 is 0.978 bits per heavy atom. The van der Waals surface area contributed by atoms with Crippen LogP contribution in [-0.2, 0) is 30.4 Å². The highest BCUT2D eigenvalue weighted by molar-refractivity contribution is 5.96. The van der Waals surface area contributed by atoms with Crippen molar-refractivity contribution in [1.29, 1.82) is 0 Å². The van der Waals surface area contributed by atoms with E-state index in [0.29, 0.717) is 6.42 Å². The molecule has 4 N–H and O–H groups in total. The summed E-state index contributed by atoms with van der Waals surface area (Å²) in [7, 11) is 0. The van der Waals surface area contributed by atoms with Gasteiger partial charge in [0.05, 0.1) is 18.6 Å². The van der Waals surface area contributed by atoms with Gasteiger partial charge in [0.2, 0.25) is 29.5 Å². The molecule has 4 saturated heterocycles. The lowest BCUT2D eigenvalue weighted by atomic mass is 9.82. The Morgan fingerprint density at radius 3 is 2.50 bits per heavy atom. The van der Waals surface area contributed by atoms with Crippen molar-refractivity contribution in [3.05, 3.63) is 35.9 Å². The normalized spacial score (nSPS) is 31.0. The molecule has 12 nitrogen and oxygen atoms in total. The van der Waals surface area contributed by atoms with Crippen molar-refractivity contribution in [2.24, 2.45) is 11.8 Å². The van der Waals surface area contributed by atoms with E-state index in [9.17, 15) is 29.1 Å². The number of fused-ring (bicyclic) bond motifs is 2. The van der Waals surface area contributed by atoms with E-state index >= 15 is 0 Å². The van der Waals surface area contributed by atoms with Gasteiger partial charge in [-0.1, -0.05) is 57.0 Å². The fraction of sp³-hybridized carbons (Fsp3) is 0.676. The number of aliphatic hydroxyl groups excluding tert-OH is 1. The third kappa shape index (κ3) is 7.88. The third-order valence-electron chi connectivity index (χ3n) is 10.3. The summed E-state index contributed by atoms with van der Waals surface area (Å²) in [6.07, 6.45) is 4.72. The van der Waals surface area contributed by atoms with Crippen LogP contribution in [0.25, 0.3) is 0 Å². The summed E-state index contributed by atoms with van der Waals surface area (Å²) in [6, 6.07) is 6.59. The number of carbonyl (C=O) groups excluding carboxylic acids is 5. The zero-order valence-electron chi connectivity index (χ0n) is 27.2. The van der Waals surface area contributed by atoms with Gasteiger partial charge in [-0.15, -0.1) is 0 Å². The lowest BCUT2D eigenvalue weighted by molar-refractivity contribution is -0.145. The molecule has 252 valence electrons. The molecule has 1 aromatic carbocycles. The van der Waals surface area contributed by atoms with Crippen LogP contribution in [0.2, 0.25) is 0 Å². The maximum absolute atomic E-state index is 14.1.